The lowest BCUT2D eigenvalue weighted by Crippen LogP contribution is -2.48. The van der Waals surface area contributed by atoms with Crippen molar-refractivity contribution in [2.75, 3.05) is 7.05 Å². The quantitative estimate of drug-likeness (QED) is 0.885. The molecule has 0 aliphatic carbocycles. The molecule has 2 aliphatic rings. The minimum Gasteiger partial charge on any atom is -0.337 e. The van der Waals surface area contributed by atoms with E-state index in [1.807, 2.05) is 18.0 Å². The fraction of sp³-hybridized carbons (Fsp3) is 0.500. The molecular weight excluding hydrogens is 357 g/mol. The van der Waals surface area contributed by atoms with Gasteiger partial charge >= 0.3 is 0 Å². The maximum atomic E-state index is 13.3. The first-order chi connectivity index (χ1) is 12.1. The van der Waals surface area contributed by atoms with Gasteiger partial charge in [-0.2, -0.15) is 0 Å². The van der Waals surface area contributed by atoms with Crippen LogP contribution < -0.4 is 5.32 Å². The van der Waals surface area contributed by atoms with Gasteiger partial charge in [0, 0.05) is 25.2 Å². The Balaban J connectivity index is 0.00000196. The average Bonchev–Trinajstić information content (AvgIpc) is 3.20. The maximum Gasteiger partial charge on any atom is 0.276 e. The summed E-state index contributed by atoms with van der Waals surface area (Å²) in [5, 5.41) is 11.6. The summed E-state index contributed by atoms with van der Waals surface area (Å²) in [6.07, 6.45) is 6.03. The number of fused-ring (bicyclic) bond motifs is 2. The molecule has 2 unspecified atom stereocenters. The van der Waals surface area contributed by atoms with Gasteiger partial charge < -0.3 is 10.2 Å². The van der Waals surface area contributed by atoms with E-state index in [4.69, 9.17) is 0 Å². The smallest absolute Gasteiger partial charge is 0.276 e. The molecule has 8 heteroatoms. The van der Waals surface area contributed by atoms with Gasteiger partial charge in [0.05, 0.1) is 12.7 Å². The van der Waals surface area contributed by atoms with Gasteiger partial charge in [-0.1, -0.05) is 17.3 Å². The molecule has 2 fully saturated rings. The van der Waals surface area contributed by atoms with Crippen LogP contribution in [0.1, 0.15) is 41.7 Å². The zero-order chi connectivity index (χ0) is 17.4. The molecule has 26 heavy (non-hydrogen) atoms. The van der Waals surface area contributed by atoms with Crippen molar-refractivity contribution in [3.8, 4) is 0 Å². The molecule has 1 aromatic carbocycles. The number of halogens is 2. The first-order valence-corrected chi connectivity index (χ1v) is 8.76. The van der Waals surface area contributed by atoms with Crippen molar-refractivity contribution in [3.05, 3.63) is 47.5 Å². The zero-order valence-corrected chi connectivity index (χ0v) is 15.5. The predicted molar refractivity (Wildman–Crippen MR) is 97.8 cm³/mol. The molecule has 0 radical (unpaired) electrons. The first kappa shape index (κ1) is 18.8. The van der Waals surface area contributed by atoms with Crippen LogP contribution in [0.15, 0.2) is 30.5 Å². The second-order valence-corrected chi connectivity index (χ2v) is 7.11. The topological polar surface area (TPSA) is 63.1 Å². The molecule has 1 N–H and O–H groups in total. The molecule has 140 valence electrons. The predicted octanol–water partition coefficient (Wildman–Crippen LogP) is 2.24. The molecule has 0 spiro atoms. The van der Waals surface area contributed by atoms with Crippen LogP contribution in [-0.2, 0) is 6.54 Å². The number of hydrogen-bond donors (Lipinski definition) is 1. The molecule has 2 saturated heterocycles. The summed E-state index contributed by atoms with van der Waals surface area (Å²) in [5.41, 5.74) is 1.12. The van der Waals surface area contributed by atoms with E-state index in [2.05, 4.69) is 15.6 Å². The van der Waals surface area contributed by atoms with E-state index < -0.39 is 0 Å². The van der Waals surface area contributed by atoms with Crippen LogP contribution in [0.25, 0.3) is 0 Å². The lowest BCUT2D eigenvalue weighted by molar-refractivity contribution is 0.0675. The number of aromatic nitrogens is 3. The molecule has 2 aliphatic heterocycles. The molecular formula is C18H23ClFN5O. The highest BCUT2D eigenvalue weighted by molar-refractivity contribution is 5.92. The van der Waals surface area contributed by atoms with Crippen LogP contribution in [0.3, 0.4) is 0 Å². The minimum absolute atomic E-state index is 0. The van der Waals surface area contributed by atoms with Gasteiger partial charge in [0.15, 0.2) is 5.69 Å². The molecule has 0 saturated carbocycles. The van der Waals surface area contributed by atoms with Crippen molar-refractivity contribution in [2.45, 2.75) is 50.4 Å². The molecule has 2 atom stereocenters. The Labute approximate surface area is 158 Å². The number of carbonyl (C=O) groups is 1. The van der Waals surface area contributed by atoms with Crippen LogP contribution in [0.2, 0.25) is 0 Å². The van der Waals surface area contributed by atoms with E-state index >= 15 is 0 Å². The number of carbonyl (C=O) groups excluding carboxylic acids is 1. The molecule has 2 bridgehead atoms. The van der Waals surface area contributed by atoms with Crippen molar-refractivity contribution >= 4 is 18.3 Å². The zero-order valence-electron chi connectivity index (χ0n) is 14.6. The minimum atomic E-state index is -0.283. The van der Waals surface area contributed by atoms with Gasteiger partial charge in [-0.3, -0.25) is 4.79 Å². The normalized spacial score (nSPS) is 24.2. The average molecular weight is 380 g/mol. The summed E-state index contributed by atoms with van der Waals surface area (Å²) in [4.78, 5) is 14.5. The van der Waals surface area contributed by atoms with Gasteiger partial charge in [-0.15, -0.1) is 17.5 Å². The Bertz CT molecular complexity index is 770. The van der Waals surface area contributed by atoms with Gasteiger partial charge in [0.25, 0.3) is 5.91 Å². The highest BCUT2D eigenvalue weighted by atomic mass is 35.5. The molecule has 2 aromatic rings. The molecule has 6 nitrogen and oxygen atoms in total. The van der Waals surface area contributed by atoms with Gasteiger partial charge in [0.2, 0.25) is 0 Å². The SMILES string of the molecule is CN(C(=O)c1cn(Cc2cccc(F)c2)nn1)C1CC2CCC(C1)N2.Cl. The van der Waals surface area contributed by atoms with Gasteiger partial charge in [-0.05, 0) is 43.4 Å². The van der Waals surface area contributed by atoms with E-state index in [1.165, 1.54) is 25.0 Å². The Kier molecular flexibility index (Phi) is 5.58. The number of benzene rings is 1. The Morgan fingerprint density at radius 3 is 2.77 bits per heavy atom. The third-order valence-corrected chi connectivity index (χ3v) is 5.31. The number of amides is 1. The Hall–Kier alpha value is -1.99. The van der Waals surface area contributed by atoms with Crippen molar-refractivity contribution < 1.29 is 9.18 Å². The third-order valence-electron chi connectivity index (χ3n) is 5.31. The van der Waals surface area contributed by atoms with E-state index in [0.29, 0.717) is 24.3 Å². The van der Waals surface area contributed by atoms with Gasteiger partial charge in [-0.25, -0.2) is 9.07 Å². The number of rotatable bonds is 4. The fourth-order valence-corrected chi connectivity index (χ4v) is 3.99. The molecule has 1 amide bonds. The van der Waals surface area contributed by atoms with E-state index in [0.717, 1.165) is 18.4 Å². The third kappa shape index (κ3) is 3.88. The second-order valence-electron chi connectivity index (χ2n) is 7.11. The second kappa shape index (κ2) is 7.72. The number of nitrogens with zero attached hydrogens (tertiary/aromatic N) is 4. The lowest BCUT2D eigenvalue weighted by Gasteiger charge is -2.35. The summed E-state index contributed by atoms with van der Waals surface area (Å²) < 4.78 is 14.8. The summed E-state index contributed by atoms with van der Waals surface area (Å²) >= 11 is 0. The number of hydrogen-bond acceptors (Lipinski definition) is 4. The highest BCUT2D eigenvalue weighted by Crippen LogP contribution is 2.29. The fourth-order valence-electron chi connectivity index (χ4n) is 3.99. The molecule has 3 heterocycles. The lowest BCUT2D eigenvalue weighted by atomic mass is 9.98. The van der Waals surface area contributed by atoms with Crippen molar-refractivity contribution in [1.82, 2.24) is 25.2 Å². The number of nitrogens with one attached hydrogen (secondary N) is 1. The standard InChI is InChI=1S/C18H22FN5O.ClH/c1-23(16-8-14-5-6-15(9-16)20-14)18(25)17-11-24(22-21-17)10-12-3-2-4-13(19)7-12;/h2-4,7,11,14-16,20H,5-6,8-10H2,1H3;1H. The summed E-state index contributed by atoms with van der Waals surface area (Å²) in [6, 6.07) is 7.65. The van der Waals surface area contributed by atoms with E-state index in [1.54, 1.807) is 16.9 Å². The van der Waals surface area contributed by atoms with E-state index in [-0.39, 0.29) is 30.2 Å². The largest absolute Gasteiger partial charge is 0.337 e. The summed E-state index contributed by atoms with van der Waals surface area (Å²) in [5.74, 6) is -0.383. The Morgan fingerprint density at radius 1 is 1.35 bits per heavy atom. The number of piperidine rings is 1. The highest BCUT2D eigenvalue weighted by Gasteiger charge is 2.36. The monoisotopic (exact) mass is 379 g/mol. The van der Waals surface area contributed by atoms with Gasteiger partial charge in [0.1, 0.15) is 5.82 Å². The van der Waals surface area contributed by atoms with E-state index in [9.17, 15) is 9.18 Å². The Morgan fingerprint density at radius 2 is 2.08 bits per heavy atom. The van der Waals surface area contributed by atoms with Crippen LogP contribution in [0, 0.1) is 5.82 Å². The van der Waals surface area contributed by atoms with Crippen LogP contribution in [0.5, 0.6) is 0 Å². The molecule has 4 rings (SSSR count). The first-order valence-electron chi connectivity index (χ1n) is 8.76. The molecule has 1 aromatic heterocycles. The van der Waals surface area contributed by atoms with Crippen LogP contribution in [0.4, 0.5) is 4.39 Å². The van der Waals surface area contributed by atoms with Crippen LogP contribution >= 0.6 is 12.4 Å². The summed E-state index contributed by atoms with van der Waals surface area (Å²) in [7, 11) is 1.85. The van der Waals surface area contributed by atoms with Crippen molar-refractivity contribution in [2.24, 2.45) is 0 Å². The van der Waals surface area contributed by atoms with Crippen molar-refractivity contribution in [1.29, 1.82) is 0 Å². The van der Waals surface area contributed by atoms with Crippen molar-refractivity contribution in [3.63, 3.8) is 0 Å². The maximum absolute atomic E-state index is 13.3. The summed E-state index contributed by atoms with van der Waals surface area (Å²) in [6.45, 7) is 0.388. The van der Waals surface area contributed by atoms with Crippen LogP contribution in [-0.4, -0.2) is 51.0 Å².